The Morgan fingerprint density at radius 2 is 1.73 bits per heavy atom. The molecule has 0 N–H and O–H groups in total. The van der Waals surface area contributed by atoms with E-state index in [0.29, 0.717) is 10.0 Å². The summed E-state index contributed by atoms with van der Waals surface area (Å²) in [4.78, 5) is 0. The fourth-order valence-corrected chi connectivity index (χ4v) is 1.19. The average Bonchev–Trinajstić information content (AvgIpc) is 1.97. The molecule has 0 heterocycles. The van der Waals surface area contributed by atoms with Crippen LogP contribution in [0.2, 0.25) is 0 Å². The van der Waals surface area contributed by atoms with Gasteiger partial charge in [0.05, 0.1) is 0 Å². The van der Waals surface area contributed by atoms with Gasteiger partial charge in [-0.25, -0.2) is 8.78 Å². The van der Waals surface area contributed by atoms with E-state index in [-0.39, 0.29) is 5.56 Å². The fourth-order valence-electron chi connectivity index (χ4n) is 0.819. The molecule has 0 aliphatic carbocycles. The number of benzene rings is 1. The fraction of sp³-hybridized carbons (Fsp3) is 0.250. The third kappa shape index (κ3) is 1.43. The van der Waals surface area contributed by atoms with Crippen LogP contribution in [0.1, 0.15) is 11.1 Å². The van der Waals surface area contributed by atoms with Crippen LogP contribution in [-0.4, -0.2) is 0 Å². The lowest BCUT2D eigenvalue weighted by atomic mass is 10.1. The summed E-state index contributed by atoms with van der Waals surface area (Å²) in [6.45, 7) is 3.02. The molecule has 1 rings (SSSR count). The van der Waals surface area contributed by atoms with Crippen molar-refractivity contribution in [3.8, 4) is 0 Å². The van der Waals surface area contributed by atoms with Crippen molar-refractivity contribution in [1.29, 1.82) is 0 Å². The van der Waals surface area contributed by atoms with Crippen LogP contribution < -0.4 is 0 Å². The third-order valence-electron chi connectivity index (χ3n) is 1.63. The van der Waals surface area contributed by atoms with Gasteiger partial charge in [0.15, 0.2) is 0 Å². The molecule has 0 amide bonds. The Hall–Kier alpha value is -0.440. The quantitative estimate of drug-likeness (QED) is 0.630. The predicted molar refractivity (Wildman–Crippen MR) is 43.5 cm³/mol. The first kappa shape index (κ1) is 8.65. The maximum Gasteiger partial charge on any atom is 0.133 e. The van der Waals surface area contributed by atoms with E-state index in [1.807, 2.05) is 0 Å². The van der Waals surface area contributed by atoms with Crippen molar-refractivity contribution in [2.24, 2.45) is 0 Å². The largest absolute Gasteiger partial charge is 0.207 e. The molecule has 0 spiro atoms. The summed E-state index contributed by atoms with van der Waals surface area (Å²) in [6, 6.07) is 1.27. The van der Waals surface area contributed by atoms with Gasteiger partial charge in [-0.1, -0.05) is 15.9 Å². The number of hydrogen-bond donors (Lipinski definition) is 0. The van der Waals surface area contributed by atoms with Gasteiger partial charge in [0, 0.05) is 10.0 Å². The molecule has 3 heteroatoms. The van der Waals surface area contributed by atoms with Crippen molar-refractivity contribution >= 4 is 15.9 Å². The summed E-state index contributed by atoms with van der Waals surface area (Å²) in [5.74, 6) is -0.989. The van der Waals surface area contributed by atoms with Gasteiger partial charge in [-0.15, -0.1) is 0 Å². The second kappa shape index (κ2) is 2.89. The molecule has 0 bridgehead atoms. The van der Waals surface area contributed by atoms with Crippen LogP contribution in [-0.2, 0) is 0 Å². The minimum Gasteiger partial charge on any atom is -0.207 e. The van der Waals surface area contributed by atoms with E-state index >= 15 is 0 Å². The van der Waals surface area contributed by atoms with Crippen molar-refractivity contribution in [1.82, 2.24) is 0 Å². The smallest absolute Gasteiger partial charge is 0.133 e. The molecule has 0 aromatic heterocycles. The molecule has 1 aromatic rings. The van der Waals surface area contributed by atoms with E-state index in [1.54, 1.807) is 6.92 Å². The van der Waals surface area contributed by atoms with Gasteiger partial charge in [0.1, 0.15) is 11.6 Å². The monoisotopic (exact) mass is 220 g/mol. The standard InChI is InChI=1S/C8H7BrF2/c1-4-6(9)3-7(10)5(2)8(4)11/h3H,1-2H3. The average molecular weight is 221 g/mol. The first-order chi connectivity index (χ1) is 5.04. The normalized spacial score (nSPS) is 10.3. The summed E-state index contributed by atoms with van der Waals surface area (Å²) in [7, 11) is 0. The summed E-state index contributed by atoms with van der Waals surface area (Å²) in [6.07, 6.45) is 0. The molecule has 11 heavy (non-hydrogen) atoms. The van der Waals surface area contributed by atoms with E-state index in [4.69, 9.17) is 0 Å². The molecule has 0 nitrogen and oxygen atoms in total. The Morgan fingerprint density at radius 1 is 1.18 bits per heavy atom. The van der Waals surface area contributed by atoms with Gasteiger partial charge in [-0.2, -0.15) is 0 Å². The van der Waals surface area contributed by atoms with Crippen LogP contribution >= 0.6 is 15.9 Å². The molecule has 0 unspecified atom stereocenters. The molecule has 0 saturated heterocycles. The highest BCUT2D eigenvalue weighted by molar-refractivity contribution is 9.10. The van der Waals surface area contributed by atoms with Gasteiger partial charge in [-0.3, -0.25) is 0 Å². The van der Waals surface area contributed by atoms with Crippen LogP contribution in [0.3, 0.4) is 0 Å². The molecule has 0 aliphatic heterocycles. The van der Waals surface area contributed by atoms with Gasteiger partial charge >= 0.3 is 0 Å². The zero-order chi connectivity index (χ0) is 8.59. The van der Waals surface area contributed by atoms with E-state index in [9.17, 15) is 8.78 Å². The van der Waals surface area contributed by atoms with Crippen molar-refractivity contribution in [2.45, 2.75) is 13.8 Å². The Kier molecular flexibility index (Phi) is 2.28. The van der Waals surface area contributed by atoms with E-state index in [1.165, 1.54) is 13.0 Å². The van der Waals surface area contributed by atoms with Gasteiger partial charge in [-0.05, 0) is 25.5 Å². The van der Waals surface area contributed by atoms with Crippen LogP contribution in [0.5, 0.6) is 0 Å². The maximum absolute atomic E-state index is 13.0. The molecule has 0 aliphatic rings. The minimum atomic E-state index is -0.514. The molecule has 60 valence electrons. The second-order valence-corrected chi connectivity index (χ2v) is 3.26. The van der Waals surface area contributed by atoms with E-state index < -0.39 is 11.6 Å². The van der Waals surface area contributed by atoms with Gasteiger partial charge < -0.3 is 0 Å². The van der Waals surface area contributed by atoms with Crippen LogP contribution in [0.15, 0.2) is 10.5 Å². The van der Waals surface area contributed by atoms with Crippen molar-refractivity contribution in [3.63, 3.8) is 0 Å². The second-order valence-electron chi connectivity index (χ2n) is 2.40. The maximum atomic E-state index is 13.0. The Bertz CT molecular complexity index is 268. The lowest BCUT2D eigenvalue weighted by Crippen LogP contribution is -1.93. The Balaban J connectivity index is 3.46. The first-order valence-corrected chi connectivity index (χ1v) is 3.94. The minimum absolute atomic E-state index is 0.0747. The summed E-state index contributed by atoms with van der Waals surface area (Å²) in [5.41, 5.74) is 0.523. The van der Waals surface area contributed by atoms with E-state index in [2.05, 4.69) is 15.9 Å². The molecular formula is C8H7BrF2. The highest BCUT2D eigenvalue weighted by atomic mass is 79.9. The van der Waals surface area contributed by atoms with Crippen molar-refractivity contribution in [3.05, 3.63) is 33.3 Å². The summed E-state index contributed by atoms with van der Waals surface area (Å²) in [5, 5.41) is 0. The van der Waals surface area contributed by atoms with E-state index in [0.717, 1.165) is 0 Å². The SMILES string of the molecule is Cc1c(F)cc(Br)c(C)c1F. The molecule has 0 radical (unpaired) electrons. The molecule has 0 atom stereocenters. The lowest BCUT2D eigenvalue weighted by molar-refractivity contribution is 0.560. The third-order valence-corrected chi connectivity index (χ3v) is 2.45. The van der Waals surface area contributed by atoms with Crippen molar-refractivity contribution < 1.29 is 8.78 Å². The molecule has 1 aromatic carbocycles. The zero-order valence-corrected chi connectivity index (χ0v) is 7.80. The van der Waals surface area contributed by atoms with Gasteiger partial charge in [0.2, 0.25) is 0 Å². The molecular weight excluding hydrogens is 214 g/mol. The first-order valence-electron chi connectivity index (χ1n) is 3.14. The van der Waals surface area contributed by atoms with Crippen LogP contribution in [0, 0.1) is 25.5 Å². The number of halogens is 3. The number of hydrogen-bond acceptors (Lipinski definition) is 0. The summed E-state index contributed by atoms with van der Waals surface area (Å²) >= 11 is 3.05. The Morgan fingerprint density at radius 3 is 2.27 bits per heavy atom. The van der Waals surface area contributed by atoms with Crippen LogP contribution in [0.4, 0.5) is 8.78 Å². The van der Waals surface area contributed by atoms with Crippen LogP contribution in [0.25, 0.3) is 0 Å². The highest BCUT2D eigenvalue weighted by Crippen LogP contribution is 2.23. The summed E-state index contributed by atoms with van der Waals surface area (Å²) < 4.78 is 26.2. The number of rotatable bonds is 0. The zero-order valence-electron chi connectivity index (χ0n) is 6.21. The Labute approximate surface area is 72.4 Å². The topological polar surface area (TPSA) is 0 Å². The molecule has 0 saturated carbocycles. The lowest BCUT2D eigenvalue weighted by Gasteiger charge is -2.03. The predicted octanol–water partition coefficient (Wildman–Crippen LogP) is 3.34. The van der Waals surface area contributed by atoms with Crippen molar-refractivity contribution in [2.75, 3.05) is 0 Å². The molecule has 0 fully saturated rings. The highest BCUT2D eigenvalue weighted by Gasteiger charge is 2.09. The van der Waals surface area contributed by atoms with Gasteiger partial charge in [0.25, 0.3) is 0 Å².